The lowest BCUT2D eigenvalue weighted by atomic mass is 9.89. The van der Waals surface area contributed by atoms with Crippen molar-refractivity contribution in [2.24, 2.45) is 11.7 Å². The minimum atomic E-state index is 0.0996. The number of hydrogen-bond acceptors (Lipinski definition) is 3. The van der Waals surface area contributed by atoms with Crippen LogP contribution in [0.2, 0.25) is 0 Å². The van der Waals surface area contributed by atoms with E-state index in [2.05, 4.69) is 24.6 Å². The summed E-state index contributed by atoms with van der Waals surface area (Å²) >= 11 is 0. The summed E-state index contributed by atoms with van der Waals surface area (Å²) in [5.41, 5.74) is 8.32. The van der Waals surface area contributed by atoms with Crippen molar-refractivity contribution in [1.29, 1.82) is 0 Å². The predicted molar refractivity (Wildman–Crippen MR) is 65.8 cm³/mol. The van der Waals surface area contributed by atoms with E-state index in [9.17, 15) is 0 Å². The third kappa shape index (κ3) is 2.10. The van der Waals surface area contributed by atoms with Crippen molar-refractivity contribution in [3.05, 3.63) is 48.3 Å². The van der Waals surface area contributed by atoms with Crippen molar-refractivity contribution in [3.63, 3.8) is 0 Å². The fourth-order valence-corrected chi connectivity index (χ4v) is 2.21. The van der Waals surface area contributed by atoms with Crippen LogP contribution in [0.25, 0.3) is 0 Å². The first kappa shape index (κ1) is 11.2. The Balaban J connectivity index is 2.23. The number of allylic oxidation sites excluding steroid dienone is 3. The van der Waals surface area contributed by atoms with Gasteiger partial charge < -0.3 is 15.8 Å². The Bertz CT molecular complexity index is 368. The van der Waals surface area contributed by atoms with E-state index < -0.39 is 0 Å². The average molecular weight is 218 g/mol. The number of nitrogens with one attached hydrogen (secondary N) is 1. The average Bonchev–Trinajstić information content (AvgIpc) is 2.61. The van der Waals surface area contributed by atoms with Crippen LogP contribution >= 0.6 is 0 Å². The Labute approximate surface area is 96.4 Å². The standard InChI is InChI=1S/C13H18N2O/c1-3-4-12-9(2)16-8-13(12)10-5-11(14)7-15-6-10/h3-5,11,13,15H,1-2,6-8,14H2/b12-4+. The van der Waals surface area contributed by atoms with Crippen molar-refractivity contribution in [1.82, 2.24) is 5.32 Å². The number of ether oxygens (including phenoxy) is 1. The van der Waals surface area contributed by atoms with Gasteiger partial charge >= 0.3 is 0 Å². The highest BCUT2D eigenvalue weighted by Crippen LogP contribution is 2.34. The van der Waals surface area contributed by atoms with E-state index in [-0.39, 0.29) is 12.0 Å². The number of nitrogens with two attached hydrogens (primary N) is 1. The Morgan fingerprint density at radius 2 is 2.38 bits per heavy atom. The molecule has 2 aliphatic heterocycles. The van der Waals surface area contributed by atoms with Gasteiger partial charge in [0, 0.05) is 30.6 Å². The van der Waals surface area contributed by atoms with E-state index in [1.807, 2.05) is 6.08 Å². The third-order valence-corrected chi connectivity index (χ3v) is 3.00. The molecular weight excluding hydrogens is 200 g/mol. The second-order valence-corrected chi connectivity index (χ2v) is 4.18. The molecule has 2 unspecified atom stereocenters. The highest BCUT2D eigenvalue weighted by molar-refractivity contribution is 5.40. The first-order valence-electron chi connectivity index (χ1n) is 5.54. The molecular formula is C13H18N2O. The van der Waals surface area contributed by atoms with Gasteiger partial charge in [0.05, 0.1) is 6.61 Å². The van der Waals surface area contributed by atoms with Gasteiger partial charge in [0.15, 0.2) is 0 Å². The van der Waals surface area contributed by atoms with Gasteiger partial charge in [-0.25, -0.2) is 0 Å². The summed E-state index contributed by atoms with van der Waals surface area (Å²) in [4.78, 5) is 0. The molecule has 0 aromatic heterocycles. The van der Waals surface area contributed by atoms with E-state index in [0.717, 1.165) is 24.4 Å². The molecule has 0 aromatic rings. The number of rotatable bonds is 2. The molecule has 0 saturated carbocycles. The van der Waals surface area contributed by atoms with Crippen LogP contribution in [0.1, 0.15) is 0 Å². The molecule has 0 spiro atoms. The lowest BCUT2D eigenvalue weighted by Crippen LogP contribution is -2.39. The quantitative estimate of drug-likeness (QED) is 0.683. The minimum Gasteiger partial charge on any atom is -0.493 e. The van der Waals surface area contributed by atoms with Gasteiger partial charge in [-0.1, -0.05) is 31.4 Å². The van der Waals surface area contributed by atoms with Gasteiger partial charge in [0.1, 0.15) is 5.76 Å². The zero-order valence-electron chi connectivity index (χ0n) is 9.41. The van der Waals surface area contributed by atoms with E-state index in [4.69, 9.17) is 10.5 Å². The van der Waals surface area contributed by atoms with Crippen molar-refractivity contribution in [2.45, 2.75) is 6.04 Å². The highest BCUT2D eigenvalue weighted by Gasteiger charge is 2.29. The zero-order valence-corrected chi connectivity index (χ0v) is 9.41. The molecule has 0 aromatic carbocycles. The molecule has 0 radical (unpaired) electrons. The SMILES string of the molecule is C=C/C=C1\C(=C)OCC1C1=CC(N)CNC1. The van der Waals surface area contributed by atoms with Gasteiger partial charge in [0.25, 0.3) is 0 Å². The van der Waals surface area contributed by atoms with Crippen LogP contribution in [-0.4, -0.2) is 25.7 Å². The normalized spacial score (nSPS) is 32.4. The Morgan fingerprint density at radius 3 is 3.06 bits per heavy atom. The summed E-state index contributed by atoms with van der Waals surface area (Å²) in [7, 11) is 0. The molecule has 2 heterocycles. The molecule has 2 atom stereocenters. The first-order chi connectivity index (χ1) is 7.72. The topological polar surface area (TPSA) is 47.3 Å². The van der Waals surface area contributed by atoms with Crippen molar-refractivity contribution < 1.29 is 4.74 Å². The highest BCUT2D eigenvalue weighted by atomic mass is 16.5. The lowest BCUT2D eigenvalue weighted by molar-refractivity contribution is 0.249. The predicted octanol–water partition coefficient (Wildman–Crippen LogP) is 1.12. The summed E-state index contributed by atoms with van der Waals surface area (Å²) in [6.45, 7) is 10.0. The Kier molecular flexibility index (Phi) is 3.27. The van der Waals surface area contributed by atoms with Crippen LogP contribution in [0.3, 0.4) is 0 Å². The van der Waals surface area contributed by atoms with Crippen LogP contribution in [0, 0.1) is 5.92 Å². The molecule has 2 rings (SSSR count). The Morgan fingerprint density at radius 1 is 1.56 bits per heavy atom. The van der Waals surface area contributed by atoms with Crippen LogP contribution < -0.4 is 11.1 Å². The first-order valence-corrected chi connectivity index (χ1v) is 5.54. The van der Waals surface area contributed by atoms with E-state index in [0.29, 0.717) is 6.61 Å². The van der Waals surface area contributed by atoms with Gasteiger partial charge in [-0.15, -0.1) is 0 Å². The van der Waals surface area contributed by atoms with Crippen LogP contribution in [0.4, 0.5) is 0 Å². The summed E-state index contributed by atoms with van der Waals surface area (Å²) in [6.07, 6.45) is 5.89. The molecule has 0 amide bonds. The molecule has 2 aliphatic rings. The van der Waals surface area contributed by atoms with Gasteiger partial charge in [0.2, 0.25) is 0 Å². The molecule has 1 fully saturated rings. The van der Waals surface area contributed by atoms with Gasteiger partial charge in [-0.3, -0.25) is 0 Å². The second-order valence-electron chi connectivity index (χ2n) is 4.18. The largest absolute Gasteiger partial charge is 0.493 e. The summed E-state index contributed by atoms with van der Waals surface area (Å²) < 4.78 is 5.50. The maximum absolute atomic E-state index is 5.91. The monoisotopic (exact) mass is 218 g/mol. The van der Waals surface area contributed by atoms with Crippen molar-refractivity contribution in [2.75, 3.05) is 19.7 Å². The summed E-state index contributed by atoms with van der Waals surface area (Å²) in [5, 5.41) is 3.31. The second kappa shape index (κ2) is 4.68. The molecule has 0 aliphatic carbocycles. The summed E-state index contributed by atoms with van der Waals surface area (Å²) in [6, 6.07) is 0.0996. The van der Waals surface area contributed by atoms with Crippen molar-refractivity contribution >= 4 is 0 Å². The lowest BCUT2D eigenvalue weighted by Gasteiger charge is -2.23. The maximum atomic E-state index is 5.91. The molecule has 86 valence electrons. The summed E-state index contributed by atoms with van der Waals surface area (Å²) in [5.74, 6) is 1.04. The van der Waals surface area contributed by atoms with Gasteiger partial charge in [-0.2, -0.15) is 0 Å². The van der Waals surface area contributed by atoms with Crippen LogP contribution in [0.15, 0.2) is 48.3 Å². The molecule has 3 heteroatoms. The molecule has 3 nitrogen and oxygen atoms in total. The van der Waals surface area contributed by atoms with Gasteiger partial charge in [-0.05, 0) is 5.57 Å². The number of hydrogen-bond donors (Lipinski definition) is 2. The van der Waals surface area contributed by atoms with E-state index >= 15 is 0 Å². The smallest absolute Gasteiger partial charge is 0.116 e. The molecule has 1 saturated heterocycles. The molecule has 3 N–H and O–H groups in total. The fourth-order valence-electron chi connectivity index (χ4n) is 2.21. The van der Waals surface area contributed by atoms with Crippen LogP contribution in [0.5, 0.6) is 0 Å². The van der Waals surface area contributed by atoms with Crippen LogP contribution in [-0.2, 0) is 4.74 Å². The van der Waals surface area contributed by atoms with E-state index in [1.165, 1.54) is 5.57 Å². The maximum Gasteiger partial charge on any atom is 0.116 e. The zero-order chi connectivity index (χ0) is 11.5. The van der Waals surface area contributed by atoms with E-state index in [1.54, 1.807) is 6.08 Å². The Hall–Kier alpha value is -1.32. The molecule has 0 bridgehead atoms. The fraction of sp³-hybridized carbons (Fsp3) is 0.385. The van der Waals surface area contributed by atoms with Crippen molar-refractivity contribution in [3.8, 4) is 0 Å². The third-order valence-electron chi connectivity index (χ3n) is 3.00. The molecule has 16 heavy (non-hydrogen) atoms. The minimum absolute atomic E-state index is 0.0996.